The fraction of sp³-hybridized carbons (Fsp3) is 0.278. The fourth-order valence-electron chi connectivity index (χ4n) is 3.14. The van der Waals surface area contributed by atoms with Gasteiger partial charge in [-0.1, -0.05) is 12.1 Å². The van der Waals surface area contributed by atoms with Crippen LogP contribution >= 0.6 is 0 Å². The first-order chi connectivity index (χ1) is 12.6. The Morgan fingerprint density at radius 2 is 2.15 bits per heavy atom. The maximum Gasteiger partial charge on any atom is 0.255 e. The molecule has 4 rings (SSSR count). The van der Waals surface area contributed by atoms with E-state index < -0.39 is 6.10 Å². The van der Waals surface area contributed by atoms with Crippen molar-refractivity contribution in [3.8, 4) is 11.5 Å². The van der Waals surface area contributed by atoms with Crippen LogP contribution in [-0.4, -0.2) is 42.7 Å². The number of aryl methyl sites for hydroxylation is 1. The highest BCUT2D eigenvalue weighted by atomic mass is 16.5. The first-order valence-electron chi connectivity index (χ1n) is 8.35. The highest BCUT2D eigenvalue weighted by Gasteiger charge is 2.42. The molecular formula is C18H19N5O3. The number of aliphatic hydroxyl groups excluding tert-OH is 1. The predicted octanol–water partition coefficient (Wildman–Crippen LogP) is 1.51. The predicted molar refractivity (Wildman–Crippen MR) is 92.9 cm³/mol. The van der Waals surface area contributed by atoms with Gasteiger partial charge >= 0.3 is 0 Å². The lowest BCUT2D eigenvalue weighted by molar-refractivity contribution is -0.00590. The first kappa shape index (κ1) is 16.3. The smallest absolute Gasteiger partial charge is 0.255 e. The Kier molecular flexibility index (Phi) is 4.18. The van der Waals surface area contributed by atoms with Gasteiger partial charge in [-0.05, 0) is 24.6 Å². The third-order valence-corrected chi connectivity index (χ3v) is 4.49. The van der Waals surface area contributed by atoms with Gasteiger partial charge in [-0.3, -0.25) is 14.2 Å². The van der Waals surface area contributed by atoms with Crippen molar-refractivity contribution in [2.24, 2.45) is 7.05 Å². The average Bonchev–Trinajstić information content (AvgIpc) is 3.26. The number of aromatic nitrogens is 4. The molecule has 2 aromatic heterocycles. The summed E-state index contributed by atoms with van der Waals surface area (Å²) >= 11 is 0. The molecule has 1 aromatic carbocycles. The highest BCUT2D eigenvalue weighted by Crippen LogP contribution is 2.33. The minimum atomic E-state index is -0.526. The number of nitrogens with zero attached hydrogens (tertiary/aromatic N) is 4. The van der Waals surface area contributed by atoms with Gasteiger partial charge in [-0.2, -0.15) is 10.2 Å². The maximum atomic E-state index is 12.8. The van der Waals surface area contributed by atoms with Gasteiger partial charge < -0.3 is 15.2 Å². The maximum absolute atomic E-state index is 12.8. The van der Waals surface area contributed by atoms with E-state index in [0.717, 1.165) is 0 Å². The number of hydrogen-bond acceptors (Lipinski definition) is 5. The number of rotatable bonds is 5. The van der Waals surface area contributed by atoms with E-state index >= 15 is 0 Å². The number of hydrogen-bond donors (Lipinski definition) is 2. The second-order valence-corrected chi connectivity index (χ2v) is 6.31. The number of para-hydroxylation sites is 1. The van der Waals surface area contributed by atoms with Gasteiger partial charge in [0, 0.05) is 19.4 Å². The quantitative estimate of drug-likeness (QED) is 0.725. The second-order valence-electron chi connectivity index (χ2n) is 6.31. The molecule has 0 radical (unpaired) electrons. The van der Waals surface area contributed by atoms with Crippen LogP contribution in [0.25, 0.3) is 0 Å². The van der Waals surface area contributed by atoms with Crippen LogP contribution in [0.2, 0.25) is 0 Å². The summed E-state index contributed by atoms with van der Waals surface area (Å²) in [6.45, 7) is 0. The topological polar surface area (TPSA) is 94.2 Å². The van der Waals surface area contributed by atoms with Crippen LogP contribution in [0.5, 0.6) is 11.5 Å². The number of aliphatic hydroxyl groups is 1. The van der Waals surface area contributed by atoms with Crippen LogP contribution < -0.4 is 10.1 Å². The van der Waals surface area contributed by atoms with Gasteiger partial charge in [0.05, 0.1) is 36.1 Å². The summed E-state index contributed by atoms with van der Waals surface area (Å²) < 4.78 is 9.10. The second kappa shape index (κ2) is 6.64. The molecule has 1 amide bonds. The summed E-state index contributed by atoms with van der Waals surface area (Å²) in [5.41, 5.74) is 0.428. The van der Waals surface area contributed by atoms with Gasteiger partial charge in [-0.25, -0.2) is 0 Å². The molecule has 134 valence electrons. The number of carbonyl (C=O) groups is 1. The van der Waals surface area contributed by atoms with E-state index in [1.54, 1.807) is 65.5 Å². The molecule has 0 aliphatic heterocycles. The summed E-state index contributed by atoms with van der Waals surface area (Å²) in [5.74, 6) is 0.758. The molecule has 8 heteroatoms. The normalized spacial score (nSPS) is 21.8. The van der Waals surface area contributed by atoms with Crippen molar-refractivity contribution in [1.82, 2.24) is 24.9 Å². The molecule has 1 aliphatic carbocycles. The number of ether oxygens (including phenoxy) is 1. The monoisotopic (exact) mass is 353 g/mol. The first-order valence-corrected chi connectivity index (χ1v) is 8.35. The lowest BCUT2D eigenvalue weighted by Crippen LogP contribution is -2.56. The molecule has 0 unspecified atom stereocenters. The van der Waals surface area contributed by atoms with Gasteiger partial charge in [-0.15, -0.1) is 0 Å². The molecule has 26 heavy (non-hydrogen) atoms. The summed E-state index contributed by atoms with van der Waals surface area (Å²) in [4.78, 5) is 12.8. The third kappa shape index (κ3) is 3.06. The van der Waals surface area contributed by atoms with Gasteiger partial charge in [0.1, 0.15) is 5.75 Å². The minimum absolute atomic E-state index is 0.191. The Morgan fingerprint density at radius 3 is 2.85 bits per heavy atom. The number of benzene rings is 1. The molecule has 1 fully saturated rings. The van der Waals surface area contributed by atoms with E-state index in [4.69, 9.17) is 4.74 Å². The van der Waals surface area contributed by atoms with Gasteiger partial charge in [0.15, 0.2) is 5.75 Å². The van der Waals surface area contributed by atoms with Crippen LogP contribution in [0.4, 0.5) is 0 Å². The zero-order chi connectivity index (χ0) is 18.1. The van der Waals surface area contributed by atoms with Crippen LogP contribution in [0.3, 0.4) is 0 Å². The molecule has 0 spiro atoms. The molecule has 2 N–H and O–H groups in total. The van der Waals surface area contributed by atoms with E-state index in [1.807, 2.05) is 6.07 Å². The zero-order valence-corrected chi connectivity index (χ0v) is 14.2. The van der Waals surface area contributed by atoms with Crippen molar-refractivity contribution in [1.29, 1.82) is 0 Å². The zero-order valence-electron chi connectivity index (χ0n) is 14.2. The number of carbonyl (C=O) groups excluding carboxylic acids is 1. The van der Waals surface area contributed by atoms with Crippen molar-refractivity contribution in [3.63, 3.8) is 0 Å². The summed E-state index contributed by atoms with van der Waals surface area (Å²) in [5, 5.41) is 21.2. The van der Waals surface area contributed by atoms with Crippen molar-refractivity contribution in [2.75, 3.05) is 0 Å². The SMILES string of the molecule is Cn1cc(Oc2ccccc2C(=O)N[C@H]2C[C@@H](O)[C@@H]2n2cccn2)cn1. The van der Waals surface area contributed by atoms with E-state index in [1.165, 1.54) is 0 Å². The summed E-state index contributed by atoms with van der Waals surface area (Å²) in [6.07, 6.45) is 6.71. The molecule has 1 aliphatic rings. The molecule has 0 saturated heterocycles. The largest absolute Gasteiger partial charge is 0.453 e. The van der Waals surface area contributed by atoms with Crippen LogP contribution in [-0.2, 0) is 7.05 Å². The van der Waals surface area contributed by atoms with E-state index in [-0.39, 0.29) is 18.0 Å². The highest BCUT2D eigenvalue weighted by molar-refractivity contribution is 5.97. The third-order valence-electron chi connectivity index (χ3n) is 4.49. The summed E-state index contributed by atoms with van der Waals surface area (Å²) in [6, 6.07) is 8.38. The Balaban J connectivity index is 1.50. The lowest BCUT2D eigenvalue weighted by Gasteiger charge is -2.41. The number of nitrogens with one attached hydrogen (secondary N) is 1. The van der Waals surface area contributed by atoms with Gasteiger partial charge in [0.2, 0.25) is 0 Å². The lowest BCUT2D eigenvalue weighted by atomic mass is 9.83. The Morgan fingerprint density at radius 1 is 1.31 bits per heavy atom. The average molecular weight is 353 g/mol. The Hall–Kier alpha value is -3.13. The standard InChI is InChI=1S/C18H19N5O3/c1-22-11-12(10-20-22)26-16-6-3-2-5-13(16)18(25)21-14-9-15(24)17(14)23-8-4-7-19-23/h2-8,10-11,14-15,17,24H,9H2,1H3,(H,21,25)/t14-,15+,17+/m0/s1. The fourth-order valence-corrected chi connectivity index (χ4v) is 3.14. The van der Waals surface area contributed by atoms with Crippen LogP contribution in [0.15, 0.2) is 55.1 Å². The van der Waals surface area contributed by atoms with Crippen molar-refractivity contribution in [3.05, 3.63) is 60.7 Å². The molecule has 3 aromatic rings. The summed E-state index contributed by atoms with van der Waals surface area (Å²) in [7, 11) is 1.79. The van der Waals surface area contributed by atoms with E-state index in [0.29, 0.717) is 23.5 Å². The molecule has 0 bridgehead atoms. The van der Waals surface area contributed by atoms with Crippen molar-refractivity contribution < 1.29 is 14.6 Å². The molecule has 8 nitrogen and oxygen atoms in total. The van der Waals surface area contributed by atoms with E-state index in [9.17, 15) is 9.90 Å². The molecule has 1 saturated carbocycles. The van der Waals surface area contributed by atoms with Crippen molar-refractivity contribution in [2.45, 2.75) is 24.6 Å². The van der Waals surface area contributed by atoms with E-state index in [2.05, 4.69) is 15.5 Å². The Bertz CT molecular complexity index is 905. The van der Waals surface area contributed by atoms with Gasteiger partial charge in [0.25, 0.3) is 5.91 Å². The molecule has 2 heterocycles. The number of amides is 1. The molecule has 3 atom stereocenters. The van der Waals surface area contributed by atoms with Crippen LogP contribution in [0, 0.1) is 0 Å². The minimum Gasteiger partial charge on any atom is -0.453 e. The Labute approximate surface area is 150 Å². The molecular weight excluding hydrogens is 334 g/mol. The van der Waals surface area contributed by atoms with Crippen LogP contribution in [0.1, 0.15) is 22.8 Å². The van der Waals surface area contributed by atoms with Crippen molar-refractivity contribution >= 4 is 5.91 Å².